The van der Waals surface area contributed by atoms with Crippen molar-refractivity contribution in [1.82, 2.24) is 10.2 Å². The van der Waals surface area contributed by atoms with Gasteiger partial charge in [-0.15, -0.1) is 10.2 Å². The standard InChI is InChI=1S/C20H23N3O2S2/c1-3-17(24)23(16-9-10-16)19-21-22-20(27-19)26-12(2)18(25)15-8-7-13-5-4-6-14(13)11-15/h7-8,11-12,16H,3-6,9-10H2,1-2H3. The Labute approximate surface area is 167 Å². The quantitative estimate of drug-likeness (QED) is 0.393. The van der Waals surface area contributed by atoms with E-state index in [-0.39, 0.29) is 23.0 Å². The zero-order valence-electron chi connectivity index (χ0n) is 15.6. The molecular weight excluding hydrogens is 378 g/mol. The lowest BCUT2D eigenvalue weighted by Crippen LogP contribution is -2.32. The van der Waals surface area contributed by atoms with E-state index >= 15 is 0 Å². The molecule has 0 N–H and O–H groups in total. The molecule has 0 bridgehead atoms. The van der Waals surface area contributed by atoms with E-state index in [0.29, 0.717) is 11.6 Å². The van der Waals surface area contributed by atoms with Gasteiger partial charge in [-0.3, -0.25) is 14.5 Å². The van der Waals surface area contributed by atoms with Crippen molar-refractivity contribution in [1.29, 1.82) is 0 Å². The van der Waals surface area contributed by atoms with E-state index in [0.717, 1.165) is 35.6 Å². The number of amides is 1. The van der Waals surface area contributed by atoms with Crippen LogP contribution >= 0.6 is 23.1 Å². The lowest BCUT2D eigenvalue weighted by Gasteiger charge is -2.17. The Kier molecular flexibility index (Phi) is 5.32. The molecule has 1 unspecified atom stereocenters. The van der Waals surface area contributed by atoms with Crippen LogP contribution < -0.4 is 4.90 Å². The van der Waals surface area contributed by atoms with Crippen molar-refractivity contribution in [2.24, 2.45) is 0 Å². The van der Waals surface area contributed by atoms with Gasteiger partial charge in [-0.2, -0.15) is 0 Å². The van der Waals surface area contributed by atoms with E-state index in [2.05, 4.69) is 22.3 Å². The van der Waals surface area contributed by atoms with Crippen LogP contribution in [0.1, 0.15) is 61.0 Å². The van der Waals surface area contributed by atoms with E-state index in [1.165, 1.54) is 40.6 Å². The first-order chi connectivity index (χ1) is 13.1. The molecule has 1 heterocycles. The minimum absolute atomic E-state index is 0.0902. The normalized spacial score (nSPS) is 16.8. The summed E-state index contributed by atoms with van der Waals surface area (Å²) in [4.78, 5) is 26.8. The van der Waals surface area contributed by atoms with Gasteiger partial charge in [0.25, 0.3) is 0 Å². The minimum atomic E-state index is -0.235. The summed E-state index contributed by atoms with van der Waals surface area (Å²) in [5, 5.41) is 8.87. The number of aryl methyl sites for hydroxylation is 2. The Hall–Kier alpha value is -1.73. The molecule has 1 saturated carbocycles. The number of hydrogen-bond acceptors (Lipinski definition) is 6. The van der Waals surface area contributed by atoms with Crippen LogP contribution in [0, 0.1) is 0 Å². The number of carbonyl (C=O) groups excluding carboxylic acids is 2. The maximum atomic E-state index is 12.8. The highest BCUT2D eigenvalue weighted by Gasteiger charge is 2.35. The number of fused-ring (bicyclic) bond motifs is 1. The largest absolute Gasteiger partial charge is 0.293 e. The molecule has 4 rings (SSSR count). The Morgan fingerprint density at radius 3 is 2.78 bits per heavy atom. The summed E-state index contributed by atoms with van der Waals surface area (Å²) in [7, 11) is 0. The van der Waals surface area contributed by atoms with Crippen molar-refractivity contribution in [2.45, 2.75) is 68.0 Å². The average Bonchev–Trinajstić information content (AvgIpc) is 3.21. The van der Waals surface area contributed by atoms with Gasteiger partial charge in [-0.25, -0.2) is 0 Å². The topological polar surface area (TPSA) is 63.2 Å². The summed E-state index contributed by atoms with van der Waals surface area (Å²) >= 11 is 2.83. The fourth-order valence-electron chi connectivity index (χ4n) is 3.48. The Morgan fingerprint density at radius 2 is 2.04 bits per heavy atom. The molecular formula is C20H23N3O2S2. The van der Waals surface area contributed by atoms with E-state index in [1.54, 1.807) is 4.90 Å². The molecule has 0 aliphatic heterocycles. The van der Waals surface area contributed by atoms with Gasteiger partial charge >= 0.3 is 0 Å². The molecule has 1 aromatic carbocycles. The van der Waals surface area contributed by atoms with Gasteiger partial charge in [0.2, 0.25) is 11.0 Å². The third kappa shape index (κ3) is 3.94. The van der Waals surface area contributed by atoms with Gasteiger partial charge in [0, 0.05) is 18.0 Å². The van der Waals surface area contributed by atoms with Crippen LogP contribution in [0.4, 0.5) is 5.13 Å². The van der Waals surface area contributed by atoms with Gasteiger partial charge < -0.3 is 0 Å². The average molecular weight is 402 g/mol. The highest BCUT2D eigenvalue weighted by atomic mass is 32.2. The molecule has 2 aliphatic carbocycles. The summed E-state index contributed by atoms with van der Waals surface area (Å²) in [6, 6.07) is 6.37. The predicted octanol–water partition coefficient (Wildman–Crippen LogP) is 4.30. The van der Waals surface area contributed by atoms with Crippen LogP contribution in [0.3, 0.4) is 0 Å². The number of ketones is 1. The van der Waals surface area contributed by atoms with Gasteiger partial charge in [0.05, 0.1) is 5.25 Å². The lowest BCUT2D eigenvalue weighted by molar-refractivity contribution is -0.118. The molecule has 5 nitrogen and oxygen atoms in total. The van der Waals surface area contributed by atoms with Crippen LogP contribution in [0.15, 0.2) is 22.5 Å². The number of rotatable bonds is 7. The highest BCUT2D eigenvalue weighted by Crippen LogP contribution is 2.37. The predicted molar refractivity (Wildman–Crippen MR) is 109 cm³/mol. The monoisotopic (exact) mass is 401 g/mol. The first-order valence-electron chi connectivity index (χ1n) is 9.55. The fraction of sp³-hybridized carbons (Fsp3) is 0.500. The zero-order chi connectivity index (χ0) is 19.0. The van der Waals surface area contributed by atoms with Crippen molar-refractivity contribution in [3.05, 3.63) is 34.9 Å². The molecule has 1 fully saturated rings. The van der Waals surface area contributed by atoms with E-state index in [9.17, 15) is 9.59 Å². The fourth-order valence-corrected chi connectivity index (χ4v) is 5.63. The van der Waals surface area contributed by atoms with E-state index < -0.39 is 0 Å². The van der Waals surface area contributed by atoms with Crippen LogP contribution in [-0.2, 0) is 17.6 Å². The molecule has 1 atom stereocenters. The summed E-state index contributed by atoms with van der Waals surface area (Å²) in [6.07, 6.45) is 5.89. The highest BCUT2D eigenvalue weighted by molar-refractivity contribution is 8.02. The van der Waals surface area contributed by atoms with Crippen molar-refractivity contribution < 1.29 is 9.59 Å². The number of thioether (sulfide) groups is 1. The Balaban J connectivity index is 1.45. The van der Waals surface area contributed by atoms with Crippen LogP contribution in [0.2, 0.25) is 0 Å². The van der Waals surface area contributed by atoms with Crippen molar-refractivity contribution in [3.8, 4) is 0 Å². The van der Waals surface area contributed by atoms with Crippen molar-refractivity contribution in [2.75, 3.05) is 4.90 Å². The molecule has 2 aromatic rings. The first kappa shape index (κ1) is 18.6. The van der Waals surface area contributed by atoms with Crippen molar-refractivity contribution >= 4 is 39.9 Å². The smallest absolute Gasteiger partial charge is 0.228 e. The summed E-state index contributed by atoms with van der Waals surface area (Å²) in [5.41, 5.74) is 3.47. The van der Waals surface area contributed by atoms with Crippen LogP contribution in [0.5, 0.6) is 0 Å². The molecule has 0 saturated heterocycles. The second-order valence-corrected chi connectivity index (χ2v) is 9.70. The minimum Gasteiger partial charge on any atom is -0.293 e. The number of hydrogen-bond donors (Lipinski definition) is 0. The third-order valence-corrected chi connectivity index (χ3v) is 7.22. The zero-order valence-corrected chi connectivity index (χ0v) is 17.2. The second-order valence-electron chi connectivity index (χ2n) is 7.16. The van der Waals surface area contributed by atoms with Gasteiger partial charge in [0.15, 0.2) is 10.1 Å². The number of benzene rings is 1. The van der Waals surface area contributed by atoms with E-state index in [1.807, 2.05) is 19.9 Å². The van der Waals surface area contributed by atoms with Crippen molar-refractivity contribution in [3.63, 3.8) is 0 Å². The molecule has 142 valence electrons. The summed E-state index contributed by atoms with van der Waals surface area (Å²) < 4.78 is 0.738. The Morgan fingerprint density at radius 1 is 1.26 bits per heavy atom. The van der Waals surface area contributed by atoms with Gasteiger partial charge in [-0.05, 0) is 56.2 Å². The molecule has 0 spiro atoms. The number of nitrogens with zero attached hydrogens (tertiary/aromatic N) is 3. The lowest BCUT2D eigenvalue weighted by atomic mass is 10.0. The summed E-state index contributed by atoms with van der Waals surface area (Å²) in [5.74, 6) is 0.211. The number of aromatic nitrogens is 2. The van der Waals surface area contributed by atoms with Gasteiger partial charge in [-0.1, -0.05) is 42.2 Å². The molecule has 0 radical (unpaired) electrons. The molecule has 1 aromatic heterocycles. The second kappa shape index (κ2) is 7.72. The maximum Gasteiger partial charge on any atom is 0.228 e. The van der Waals surface area contributed by atoms with Crippen LogP contribution in [-0.4, -0.2) is 33.2 Å². The summed E-state index contributed by atoms with van der Waals surface area (Å²) in [6.45, 7) is 3.78. The molecule has 7 heteroatoms. The molecule has 1 amide bonds. The molecule has 2 aliphatic rings. The van der Waals surface area contributed by atoms with Crippen LogP contribution in [0.25, 0.3) is 0 Å². The number of Topliss-reactive ketones (excluding diaryl/α,β-unsaturated/α-hetero) is 1. The third-order valence-electron chi connectivity index (χ3n) is 5.11. The molecule has 27 heavy (non-hydrogen) atoms. The number of carbonyl (C=O) groups is 2. The Bertz CT molecular complexity index is 876. The van der Waals surface area contributed by atoms with Gasteiger partial charge in [0.1, 0.15) is 0 Å². The first-order valence-corrected chi connectivity index (χ1v) is 11.2. The number of anilines is 1. The SMILES string of the molecule is CCC(=O)N(c1nnc(SC(C)C(=O)c2ccc3c(c2)CCC3)s1)C1CC1. The maximum absolute atomic E-state index is 12.8. The van der Waals surface area contributed by atoms with E-state index in [4.69, 9.17) is 0 Å².